The second kappa shape index (κ2) is 3.87. The quantitative estimate of drug-likeness (QED) is 0.744. The maximum atomic E-state index is 11.5. The van der Waals surface area contributed by atoms with Gasteiger partial charge in [-0.2, -0.15) is 9.78 Å². The minimum Gasteiger partial charge on any atom is -0.267 e. The molecule has 0 amide bonds. The second-order valence-electron chi connectivity index (χ2n) is 2.63. The van der Waals surface area contributed by atoms with E-state index in [-0.39, 0.29) is 5.56 Å². The van der Waals surface area contributed by atoms with E-state index in [0.717, 1.165) is 9.26 Å². The summed E-state index contributed by atoms with van der Waals surface area (Å²) in [7, 11) is 0. The second-order valence-corrected chi connectivity index (χ2v) is 3.87. The Labute approximate surface area is 93.7 Å². The van der Waals surface area contributed by atoms with Gasteiger partial charge in [0.2, 0.25) is 0 Å². The minimum absolute atomic E-state index is 0.136. The van der Waals surface area contributed by atoms with Crippen LogP contribution in [0.5, 0.6) is 0 Å². The summed E-state index contributed by atoms with van der Waals surface area (Å²) in [5.41, 5.74) is 0.588. The van der Waals surface area contributed by atoms with Gasteiger partial charge in [-0.05, 0) is 34.7 Å². The van der Waals surface area contributed by atoms with Crippen LogP contribution in [0, 0.1) is 3.57 Å². The predicted molar refractivity (Wildman–Crippen MR) is 60.3 cm³/mol. The maximum Gasteiger partial charge on any atom is 0.272 e. The van der Waals surface area contributed by atoms with Crippen LogP contribution in [0.4, 0.5) is 0 Å². The summed E-state index contributed by atoms with van der Waals surface area (Å²) in [6.45, 7) is 0. The van der Waals surface area contributed by atoms with Crippen LogP contribution in [0.1, 0.15) is 0 Å². The molecule has 0 fully saturated rings. The van der Waals surface area contributed by atoms with Gasteiger partial charge in [-0.15, -0.1) is 0 Å². The SMILES string of the molecule is O=c1cc(I)cnn1-c1ccncc1. The lowest BCUT2D eigenvalue weighted by Crippen LogP contribution is -2.20. The predicted octanol–water partition coefficient (Wildman–Crippen LogP) is 1.23. The van der Waals surface area contributed by atoms with Crippen molar-refractivity contribution in [2.24, 2.45) is 0 Å². The molecular formula is C9H6IN3O. The van der Waals surface area contributed by atoms with E-state index in [0.29, 0.717) is 0 Å². The third-order valence-electron chi connectivity index (χ3n) is 1.67. The highest BCUT2D eigenvalue weighted by Crippen LogP contribution is 2.01. The topological polar surface area (TPSA) is 47.8 Å². The molecule has 0 aromatic carbocycles. The number of rotatable bonds is 1. The molecule has 2 aromatic rings. The van der Waals surface area contributed by atoms with Crippen molar-refractivity contribution in [3.8, 4) is 5.69 Å². The number of hydrogen-bond donors (Lipinski definition) is 0. The summed E-state index contributed by atoms with van der Waals surface area (Å²) in [5.74, 6) is 0. The van der Waals surface area contributed by atoms with Crippen molar-refractivity contribution in [2.45, 2.75) is 0 Å². The smallest absolute Gasteiger partial charge is 0.267 e. The van der Waals surface area contributed by atoms with E-state index in [1.165, 1.54) is 10.7 Å². The van der Waals surface area contributed by atoms with E-state index in [4.69, 9.17) is 0 Å². The van der Waals surface area contributed by atoms with Gasteiger partial charge in [-0.25, -0.2) is 0 Å². The first kappa shape index (κ1) is 9.32. The Balaban J connectivity index is 2.59. The molecule has 0 aliphatic rings. The standard InChI is InChI=1S/C9H6IN3O/c10-7-5-9(14)13(12-6-7)8-1-3-11-4-2-8/h1-6H. The summed E-state index contributed by atoms with van der Waals surface area (Å²) in [6, 6.07) is 5.01. The lowest BCUT2D eigenvalue weighted by Gasteiger charge is -2.02. The molecule has 0 radical (unpaired) electrons. The zero-order valence-corrected chi connectivity index (χ0v) is 9.25. The maximum absolute atomic E-state index is 11.5. The minimum atomic E-state index is -0.136. The Morgan fingerprint density at radius 1 is 1.29 bits per heavy atom. The highest BCUT2D eigenvalue weighted by Gasteiger charge is 1.99. The van der Waals surface area contributed by atoms with Crippen molar-refractivity contribution in [1.29, 1.82) is 0 Å². The Morgan fingerprint density at radius 2 is 2.00 bits per heavy atom. The van der Waals surface area contributed by atoms with E-state index in [2.05, 4.69) is 32.7 Å². The van der Waals surface area contributed by atoms with Crippen LogP contribution in [-0.4, -0.2) is 14.8 Å². The zero-order valence-electron chi connectivity index (χ0n) is 7.09. The Hall–Kier alpha value is -1.24. The number of aromatic nitrogens is 3. The number of halogens is 1. The van der Waals surface area contributed by atoms with Crippen molar-refractivity contribution in [3.05, 3.63) is 50.7 Å². The first-order valence-corrected chi connectivity index (χ1v) is 5.00. The molecule has 0 unspecified atom stereocenters. The van der Waals surface area contributed by atoms with Crippen LogP contribution in [-0.2, 0) is 0 Å². The molecule has 2 rings (SSSR count). The van der Waals surface area contributed by atoms with Gasteiger partial charge in [0.15, 0.2) is 0 Å². The third kappa shape index (κ3) is 1.82. The summed E-state index contributed by atoms with van der Waals surface area (Å²) in [6.07, 6.45) is 4.89. The van der Waals surface area contributed by atoms with E-state index in [1.54, 1.807) is 30.7 Å². The van der Waals surface area contributed by atoms with Crippen LogP contribution in [0.15, 0.2) is 41.6 Å². The van der Waals surface area contributed by atoms with Crippen molar-refractivity contribution in [3.63, 3.8) is 0 Å². The first-order chi connectivity index (χ1) is 6.77. The highest BCUT2D eigenvalue weighted by atomic mass is 127. The third-order valence-corrected chi connectivity index (χ3v) is 2.26. The summed E-state index contributed by atoms with van der Waals surface area (Å²) < 4.78 is 2.17. The van der Waals surface area contributed by atoms with E-state index < -0.39 is 0 Å². The zero-order chi connectivity index (χ0) is 9.97. The molecule has 0 N–H and O–H groups in total. The molecule has 0 atom stereocenters. The van der Waals surface area contributed by atoms with Gasteiger partial charge >= 0.3 is 0 Å². The molecule has 0 bridgehead atoms. The molecule has 4 nitrogen and oxygen atoms in total. The summed E-state index contributed by atoms with van der Waals surface area (Å²) >= 11 is 2.05. The fourth-order valence-corrected chi connectivity index (χ4v) is 1.46. The van der Waals surface area contributed by atoms with Crippen molar-refractivity contribution < 1.29 is 0 Å². The number of nitrogens with zero attached hydrogens (tertiary/aromatic N) is 3. The van der Waals surface area contributed by atoms with Crippen LogP contribution >= 0.6 is 22.6 Å². The molecular weight excluding hydrogens is 293 g/mol. The average Bonchev–Trinajstić information content (AvgIpc) is 2.19. The van der Waals surface area contributed by atoms with Crippen LogP contribution in [0.25, 0.3) is 5.69 Å². The van der Waals surface area contributed by atoms with Gasteiger partial charge in [-0.1, -0.05) is 0 Å². The summed E-state index contributed by atoms with van der Waals surface area (Å²) in [4.78, 5) is 15.4. The largest absolute Gasteiger partial charge is 0.272 e. The molecule has 0 saturated carbocycles. The molecule has 14 heavy (non-hydrogen) atoms. The molecule has 0 aliphatic heterocycles. The first-order valence-electron chi connectivity index (χ1n) is 3.92. The molecule has 5 heteroatoms. The molecule has 0 saturated heterocycles. The monoisotopic (exact) mass is 299 g/mol. The fraction of sp³-hybridized carbons (Fsp3) is 0. The van der Waals surface area contributed by atoms with E-state index in [1.807, 2.05) is 0 Å². The Kier molecular flexibility index (Phi) is 2.58. The van der Waals surface area contributed by atoms with Crippen molar-refractivity contribution >= 4 is 22.6 Å². The fourth-order valence-electron chi connectivity index (χ4n) is 1.07. The highest BCUT2D eigenvalue weighted by molar-refractivity contribution is 14.1. The van der Waals surface area contributed by atoms with E-state index in [9.17, 15) is 4.79 Å². The van der Waals surface area contributed by atoms with Gasteiger partial charge in [0.25, 0.3) is 5.56 Å². The molecule has 0 spiro atoms. The molecule has 2 aromatic heterocycles. The van der Waals surface area contributed by atoms with Crippen LogP contribution in [0.3, 0.4) is 0 Å². The lowest BCUT2D eigenvalue weighted by molar-refractivity contribution is 0.801. The lowest BCUT2D eigenvalue weighted by atomic mass is 10.4. The summed E-state index contributed by atoms with van der Waals surface area (Å²) in [5, 5.41) is 4.02. The normalized spacial score (nSPS) is 10.1. The van der Waals surface area contributed by atoms with Crippen molar-refractivity contribution in [1.82, 2.24) is 14.8 Å². The van der Waals surface area contributed by atoms with Gasteiger partial charge in [0, 0.05) is 22.0 Å². The van der Waals surface area contributed by atoms with Crippen LogP contribution in [0.2, 0.25) is 0 Å². The Morgan fingerprint density at radius 3 is 2.64 bits per heavy atom. The van der Waals surface area contributed by atoms with Crippen LogP contribution < -0.4 is 5.56 Å². The van der Waals surface area contributed by atoms with E-state index >= 15 is 0 Å². The van der Waals surface area contributed by atoms with Gasteiger partial charge in [0.05, 0.1) is 11.9 Å². The van der Waals surface area contributed by atoms with Gasteiger partial charge in [-0.3, -0.25) is 9.78 Å². The average molecular weight is 299 g/mol. The van der Waals surface area contributed by atoms with Crippen molar-refractivity contribution in [2.75, 3.05) is 0 Å². The van der Waals surface area contributed by atoms with Gasteiger partial charge in [0.1, 0.15) is 0 Å². The molecule has 70 valence electrons. The number of pyridine rings is 1. The number of hydrogen-bond acceptors (Lipinski definition) is 3. The molecule has 0 aliphatic carbocycles. The Bertz CT molecular complexity index is 495. The van der Waals surface area contributed by atoms with Gasteiger partial charge < -0.3 is 0 Å². The molecule has 2 heterocycles.